The Morgan fingerprint density at radius 3 is 2.74 bits per heavy atom. The van der Waals surface area contributed by atoms with E-state index in [2.05, 4.69) is 17.1 Å². The fraction of sp³-hybridized carbons (Fsp3) is 0.944. The molecule has 1 aliphatic heterocycles. The molecule has 0 bridgehead atoms. The summed E-state index contributed by atoms with van der Waals surface area (Å²) in [6.45, 7) is 6.13. The zero-order chi connectivity index (χ0) is 16.7. The van der Waals surface area contributed by atoms with Crippen molar-refractivity contribution in [3.8, 4) is 0 Å². The highest BCUT2D eigenvalue weighted by molar-refractivity contribution is 5.73. The van der Waals surface area contributed by atoms with E-state index in [-0.39, 0.29) is 18.1 Å². The second kappa shape index (κ2) is 9.48. The molecule has 5 nitrogen and oxygen atoms in total. The number of aliphatic hydroxyl groups is 1. The minimum absolute atomic E-state index is 0.00422. The molecule has 3 atom stereocenters. The molecule has 5 heteroatoms. The van der Waals surface area contributed by atoms with Gasteiger partial charge in [-0.3, -0.25) is 0 Å². The lowest BCUT2D eigenvalue weighted by Crippen LogP contribution is -2.41. The minimum atomic E-state index is -0.225. The monoisotopic (exact) mass is 325 g/mol. The van der Waals surface area contributed by atoms with Gasteiger partial charge in [-0.05, 0) is 58.5 Å². The number of carbonyl (C=O) groups excluding carboxylic acids is 1. The second-order valence-electron chi connectivity index (χ2n) is 7.46. The summed E-state index contributed by atoms with van der Waals surface area (Å²) >= 11 is 0. The molecule has 2 aliphatic rings. The third kappa shape index (κ3) is 5.96. The maximum atomic E-state index is 12.1. The largest absolute Gasteiger partial charge is 0.393 e. The SMILES string of the molecule is CC1CCCCN1CCCCNC(=O)N(C)CC1CCCC1O. The number of likely N-dealkylation sites (tertiary alicyclic amines) is 1. The molecule has 1 heterocycles. The molecule has 2 amide bonds. The fourth-order valence-electron chi connectivity index (χ4n) is 3.92. The molecule has 1 saturated carbocycles. The Kier molecular flexibility index (Phi) is 7.63. The lowest BCUT2D eigenvalue weighted by molar-refractivity contribution is 0.114. The molecule has 3 unspecified atom stereocenters. The van der Waals surface area contributed by atoms with Crippen LogP contribution in [0, 0.1) is 5.92 Å². The zero-order valence-electron chi connectivity index (χ0n) is 15.0. The van der Waals surface area contributed by atoms with E-state index in [1.807, 2.05) is 7.05 Å². The number of carbonyl (C=O) groups is 1. The van der Waals surface area contributed by atoms with Crippen LogP contribution in [0.1, 0.15) is 58.3 Å². The van der Waals surface area contributed by atoms with E-state index in [1.165, 1.54) is 25.8 Å². The summed E-state index contributed by atoms with van der Waals surface area (Å²) in [5.41, 5.74) is 0. The highest BCUT2D eigenvalue weighted by atomic mass is 16.3. The van der Waals surface area contributed by atoms with Crippen LogP contribution in [-0.4, -0.2) is 66.3 Å². The molecule has 2 fully saturated rings. The van der Waals surface area contributed by atoms with Gasteiger partial charge < -0.3 is 20.2 Å². The third-order valence-corrected chi connectivity index (χ3v) is 5.56. The highest BCUT2D eigenvalue weighted by Gasteiger charge is 2.27. The van der Waals surface area contributed by atoms with Crippen LogP contribution in [0.4, 0.5) is 4.79 Å². The molecule has 0 aromatic carbocycles. The lowest BCUT2D eigenvalue weighted by atomic mass is 10.0. The summed E-state index contributed by atoms with van der Waals surface area (Å²) < 4.78 is 0. The maximum Gasteiger partial charge on any atom is 0.317 e. The van der Waals surface area contributed by atoms with Gasteiger partial charge in [-0.1, -0.05) is 12.8 Å². The predicted octanol–water partition coefficient (Wildman–Crippen LogP) is 2.44. The van der Waals surface area contributed by atoms with E-state index in [9.17, 15) is 9.90 Å². The van der Waals surface area contributed by atoms with Crippen molar-refractivity contribution < 1.29 is 9.90 Å². The average Bonchev–Trinajstić information content (AvgIpc) is 2.93. The van der Waals surface area contributed by atoms with Crippen LogP contribution in [0.5, 0.6) is 0 Å². The molecule has 0 aromatic heterocycles. The van der Waals surface area contributed by atoms with Gasteiger partial charge in [0, 0.05) is 32.1 Å². The third-order valence-electron chi connectivity index (χ3n) is 5.56. The van der Waals surface area contributed by atoms with Crippen molar-refractivity contribution in [3.05, 3.63) is 0 Å². The summed E-state index contributed by atoms with van der Waals surface area (Å²) in [6, 6.07) is 0.720. The van der Waals surface area contributed by atoms with Crippen LogP contribution in [0.3, 0.4) is 0 Å². The molecule has 0 aromatic rings. The van der Waals surface area contributed by atoms with Crippen molar-refractivity contribution >= 4 is 6.03 Å². The number of nitrogens with one attached hydrogen (secondary N) is 1. The number of urea groups is 1. The first-order valence-electron chi connectivity index (χ1n) is 9.49. The van der Waals surface area contributed by atoms with Crippen LogP contribution >= 0.6 is 0 Å². The summed E-state index contributed by atoms with van der Waals surface area (Å²) in [4.78, 5) is 16.4. The van der Waals surface area contributed by atoms with Gasteiger partial charge in [0.05, 0.1) is 6.10 Å². The Morgan fingerprint density at radius 1 is 1.22 bits per heavy atom. The zero-order valence-corrected chi connectivity index (χ0v) is 15.0. The summed E-state index contributed by atoms with van der Waals surface area (Å²) in [7, 11) is 1.83. The van der Waals surface area contributed by atoms with Gasteiger partial charge in [0.15, 0.2) is 0 Å². The first kappa shape index (κ1) is 18.5. The van der Waals surface area contributed by atoms with Crippen LogP contribution in [0.2, 0.25) is 0 Å². The van der Waals surface area contributed by atoms with Crippen molar-refractivity contribution in [3.63, 3.8) is 0 Å². The summed E-state index contributed by atoms with van der Waals surface area (Å²) in [5.74, 6) is 0.256. The van der Waals surface area contributed by atoms with E-state index in [0.717, 1.165) is 51.2 Å². The molecule has 1 saturated heterocycles. The summed E-state index contributed by atoms with van der Waals surface area (Å²) in [6.07, 6.45) is 8.99. The van der Waals surface area contributed by atoms with E-state index in [1.54, 1.807) is 4.90 Å². The highest BCUT2D eigenvalue weighted by Crippen LogP contribution is 2.25. The Hall–Kier alpha value is -0.810. The van der Waals surface area contributed by atoms with Crippen molar-refractivity contribution in [2.24, 2.45) is 5.92 Å². The summed E-state index contributed by atoms with van der Waals surface area (Å²) in [5, 5.41) is 12.9. The molecule has 1 aliphatic carbocycles. The Bertz CT molecular complexity index is 364. The smallest absolute Gasteiger partial charge is 0.317 e. The van der Waals surface area contributed by atoms with Crippen molar-refractivity contribution in [1.29, 1.82) is 0 Å². The number of unbranched alkanes of at least 4 members (excludes halogenated alkanes) is 1. The Balaban J connectivity index is 1.53. The van der Waals surface area contributed by atoms with Crippen LogP contribution in [0.25, 0.3) is 0 Å². The van der Waals surface area contributed by atoms with Gasteiger partial charge in [-0.25, -0.2) is 4.79 Å². The van der Waals surface area contributed by atoms with Gasteiger partial charge in [0.1, 0.15) is 0 Å². The first-order valence-corrected chi connectivity index (χ1v) is 9.49. The van der Waals surface area contributed by atoms with Crippen molar-refractivity contribution in [1.82, 2.24) is 15.1 Å². The van der Waals surface area contributed by atoms with Crippen molar-refractivity contribution in [2.45, 2.75) is 70.4 Å². The first-order chi connectivity index (χ1) is 11.1. The van der Waals surface area contributed by atoms with E-state index in [0.29, 0.717) is 6.54 Å². The predicted molar refractivity (Wildman–Crippen MR) is 93.5 cm³/mol. The number of piperidine rings is 1. The molecular formula is C18H35N3O2. The maximum absolute atomic E-state index is 12.1. The minimum Gasteiger partial charge on any atom is -0.393 e. The average molecular weight is 325 g/mol. The standard InChI is InChI=1S/C18H35N3O2/c1-15-8-3-5-12-21(15)13-6-4-11-19-18(23)20(2)14-16-9-7-10-17(16)22/h15-17,22H,3-14H2,1-2H3,(H,19,23). The van der Waals surface area contributed by atoms with Gasteiger partial charge >= 0.3 is 6.03 Å². The van der Waals surface area contributed by atoms with Crippen molar-refractivity contribution in [2.75, 3.05) is 33.2 Å². The molecule has 134 valence electrons. The van der Waals surface area contributed by atoms with Gasteiger partial charge in [-0.15, -0.1) is 0 Å². The molecule has 0 spiro atoms. The quantitative estimate of drug-likeness (QED) is 0.707. The number of nitrogens with zero attached hydrogens (tertiary/aromatic N) is 2. The normalized spacial score (nSPS) is 28.7. The van der Waals surface area contributed by atoms with E-state index < -0.39 is 0 Å². The fourth-order valence-corrected chi connectivity index (χ4v) is 3.92. The lowest BCUT2D eigenvalue weighted by Gasteiger charge is -2.33. The van der Waals surface area contributed by atoms with Crippen LogP contribution in [0.15, 0.2) is 0 Å². The van der Waals surface area contributed by atoms with Gasteiger partial charge in [-0.2, -0.15) is 0 Å². The van der Waals surface area contributed by atoms with E-state index in [4.69, 9.17) is 0 Å². The number of aliphatic hydroxyl groups excluding tert-OH is 1. The van der Waals surface area contributed by atoms with Gasteiger partial charge in [0.2, 0.25) is 0 Å². The Morgan fingerprint density at radius 2 is 2.04 bits per heavy atom. The topological polar surface area (TPSA) is 55.8 Å². The number of rotatable bonds is 7. The number of hydrogen-bond acceptors (Lipinski definition) is 3. The molecule has 2 N–H and O–H groups in total. The number of amides is 2. The molecule has 2 rings (SSSR count). The van der Waals surface area contributed by atoms with Crippen LogP contribution < -0.4 is 5.32 Å². The van der Waals surface area contributed by atoms with E-state index >= 15 is 0 Å². The number of hydrogen-bond donors (Lipinski definition) is 2. The molecule has 0 radical (unpaired) electrons. The Labute approximate surface area is 141 Å². The van der Waals surface area contributed by atoms with Crippen LogP contribution in [-0.2, 0) is 0 Å². The van der Waals surface area contributed by atoms with Gasteiger partial charge in [0.25, 0.3) is 0 Å². The molecule has 23 heavy (non-hydrogen) atoms. The second-order valence-corrected chi connectivity index (χ2v) is 7.46. The molecular weight excluding hydrogens is 290 g/mol.